The minimum Gasteiger partial charge on any atom is -0.432 e. The Morgan fingerprint density at radius 3 is 2.60 bits per heavy atom. The first-order chi connectivity index (χ1) is 6.87. The van der Waals surface area contributed by atoms with E-state index in [9.17, 15) is 13.2 Å². The molecule has 0 aromatic heterocycles. The standard InChI is InChI=1S/C9H14O5S/c1-3-14-9(10)8(2)6-4-5-7-15(11,12)13/h3,6H,1,4-5,7H2,2H3,(H,11,12,13). The van der Waals surface area contributed by atoms with Gasteiger partial charge in [0.25, 0.3) is 10.1 Å². The third-order valence-electron chi connectivity index (χ3n) is 1.57. The van der Waals surface area contributed by atoms with E-state index in [-0.39, 0.29) is 12.2 Å². The van der Waals surface area contributed by atoms with Crippen molar-refractivity contribution < 1.29 is 22.5 Å². The van der Waals surface area contributed by atoms with Gasteiger partial charge in [0.05, 0.1) is 12.0 Å². The van der Waals surface area contributed by atoms with Crippen LogP contribution in [0.25, 0.3) is 0 Å². The smallest absolute Gasteiger partial charge is 0.338 e. The summed E-state index contributed by atoms with van der Waals surface area (Å²) in [6, 6.07) is 0. The minimum absolute atomic E-state index is 0.261. The van der Waals surface area contributed by atoms with Crippen molar-refractivity contribution in [1.82, 2.24) is 0 Å². The van der Waals surface area contributed by atoms with Crippen LogP contribution in [0.2, 0.25) is 0 Å². The van der Waals surface area contributed by atoms with E-state index in [0.29, 0.717) is 12.0 Å². The first-order valence-corrected chi connectivity index (χ1v) is 5.91. The van der Waals surface area contributed by atoms with E-state index in [2.05, 4.69) is 11.3 Å². The fraction of sp³-hybridized carbons (Fsp3) is 0.444. The zero-order valence-corrected chi connectivity index (χ0v) is 9.29. The molecule has 0 aromatic carbocycles. The van der Waals surface area contributed by atoms with Crippen molar-refractivity contribution in [2.75, 3.05) is 5.75 Å². The summed E-state index contributed by atoms with van der Waals surface area (Å²) in [5.41, 5.74) is 0.380. The molecule has 15 heavy (non-hydrogen) atoms. The number of unbranched alkanes of at least 4 members (excludes halogenated alkanes) is 1. The fourth-order valence-corrected chi connectivity index (χ4v) is 1.37. The average molecular weight is 234 g/mol. The highest BCUT2D eigenvalue weighted by molar-refractivity contribution is 7.85. The molecule has 0 aromatic rings. The average Bonchev–Trinajstić information content (AvgIpc) is 2.11. The Morgan fingerprint density at radius 1 is 1.53 bits per heavy atom. The lowest BCUT2D eigenvalue weighted by Gasteiger charge is -1.98. The lowest BCUT2D eigenvalue weighted by Crippen LogP contribution is -2.04. The molecule has 0 amide bonds. The van der Waals surface area contributed by atoms with Gasteiger partial charge in [-0.1, -0.05) is 12.7 Å². The monoisotopic (exact) mass is 234 g/mol. The van der Waals surface area contributed by atoms with E-state index in [4.69, 9.17) is 4.55 Å². The summed E-state index contributed by atoms with van der Waals surface area (Å²) in [7, 11) is -3.91. The van der Waals surface area contributed by atoms with Gasteiger partial charge in [-0.3, -0.25) is 4.55 Å². The van der Waals surface area contributed by atoms with Crippen LogP contribution in [0.15, 0.2) is 24.5 Å². The SMILES string of the molecule is C=COC(=O)C(C)=CCCCS(=O)(=O)O. The van der Waals surface area contributed by atoms with Gasteiger partial charge in [0.2, 0.25) is 0 Å². The Kier molecular flexibility index (Phi) is 5.88. The Hall–Kier alpha value is -1.14. The zero-order valence-electron chi connectivity index (χ0n) is 8.47. The predicted octanol–water partition coefficient (Wildman–Crippen LogP) is 1.29. The number of carbonyl (C=O) groups excluding carboxylic acids is 1. The van der Waals surface area contributed by atoms with Crippen LogP contribution in [-0.4, -0.2) is 24.7 Å². The quantitative estimate of drug-likeness (QED) is 0.246. The van der Waals surface area contributed by atoms with Gasteiger partial charge in [0, 0.05) is 5.57 Å². The summed E-state index contributed by atoms with van der Waals surface area (Å²) in [5.74, 6) is -0.829. The second-order valence-corrected chi connectivity index (χ2v) is 4.46. The number of allylic oxidation sites excluding steroid dienone is 1. The van der Waals surface area contributed by atoms with Crippen molar-refractivity contribution in [3.63, 3.8) is 0 Å². The van der Waals surface area contributed by atoms with Crippen molar-refractivity contribution >= 4 is 16.1 Å². The Morgan fingerprint density at radius 2 is 2.13 bits per heavy atom. The molecule has 0 saturated carbocycles. The van der Waals surface area contributed by atoms with E-state index in [0.717, 1.165) is 6.26 Å². The van der Waals surface area contributed by atoms with Gasteiger partial charge < -0.3 is 4.74 Å². The van der Waals surface area contributed by atoms with Gasteiger partial charge in [-0.05, 0) is 19.8 Å². The molecule has 1 N–H and O–H groups in total. The number of esters is 1. The molecule has 6 heteroatoms. The predicted molar refractivity (Wildman–Crippen MR) is 55.7 cm³/mol. The van der Waals surface area contributed by atoms with Crippen molar-refractivity contribution in [3.8, 4) is 0 Å². The van der Waals surface area contributed by atoms with Gasteiger partial charge in [0.1, 0.15) is 0 Å². The van der Waals surface area contributed by atoms with E-state index in [1.807, 2.05) is 0 Å². The Bertz CT molecular complexity index is 353. The van der Waals surface area contributed by atoms with Gasteiger partial charge in [-0.15, -0.1) is 0 Å². The summed E-state index contributed by atoms with van der Waals surface area (Å²) in [6.45, 7) is 4.78. The topological polar surface area (TPSA) is 80.7 Å². The maximum atomic E-state index is 11.0. The van der Waals surface area contributed by atoms with Crippen LogP contribution in [0.3, 0.4) is 0 Å². The molecule has 0 saturated heterocycles. The van der Waals surface area contributed by atoms with E-state index in [1.165, 1.54) is 0 Å². The maximum absolute atomic E-state index is 11.0. The molecular formula is C9H14O5S. The van der Waals surface area contributed by atoms with Crippen LogP contribution in [-0.2, 0) is 19.6 Å². The Labute approximate surface area is 89.2 Å². The van der Waals surface area contributed by atoms with Crippen LogP contribution in [0.1, 0.15) is 19.8 Å². The summed E-state index contributed by atoms with van der Waals surface area (Å²) in [4.78, 5) is 11.0. The van der Waals surface area contributed by atoms with Crippen LogP contribution >= 0.6 is 0 Å². The molecule has 0 bridgehead atoms. The second kappa shape index (κ2) is 6.36. The lowest BCUT2D eigenvalue weighted by molar-refractivity contribution is -0.133. The highest BCUT2D eigenvalue weighted by Gasteiger charge is 2.05. The van der Waals surface area contributed by atoms with Gasteiger partial charge in [0.15, 0.2) is 0 Å². The van der Waals surface area contributed by atoms with Gasteiger partial charge in [-0.25, -0.2) is 4.79 Å². The van der Waals surface area contributed by atoms with Crippen molar-refractivity contribution in [2.24, 2.45) is 0 Å². The molecule has 0 aliphatic heterocycles. The molecule has 0 spiro atoms. The second-order valence-electron chi connectivity index (χ2n) is 2.89. The molecule has 86 valence electrons. The zero-order chi connectivity index (χ0) is 11.9. The van der Waals surface area contributed by atoms with Crippen molar-refractivity contribution in [1.29, 1.82) is 0 Å². The number of hydrogen-bond donors (Lipinski definition) is 1. The number of ether oxygens (including phenoxy) is 1. The van der Waals surface area contributed by atoms with E-state index >= 15 is 0 Å². The van der Waals surface area contributed by atoms with Crippen LogP contribution in [0, 0.1) is 0 Å². The summed E-state index contributed by atoms with van der Waals surface area (Å²) < 4.78 is 33.6. The molecule has 0 unspecified atom stereocenters. The fourth-order valence-electron chi connectivity index (χ4n) is 0.836. The first kappa shape index (κ1) is 13.9. The number of carbonyl (C=O) groups is 1. The van der Waals surface area contributed by atoms with E-state index < -0.39 is 16.1 Å². The summed E-state index contributed by atoms with van der Waals surface area (Å²) in [6.07, 6.45) is 3.23. The molecule has 0 aliphatic carbocycles. The molecule has 0 aliphatic rings. The lowest BCUT2D eigenvalue weighted by atomic mass is 10.2. The van der Waals surface area contributed by atoms with Crippen LogP contribution in [0.4, 0.5) is 0 Å². The van der Waals surface area contributed by atoms with Crippen LogP contribution < -0.4 is 0 Å². The number of hydrogen-bond acceptors (Lipinski definition) is 4. The molecule has 0 heterocycles. The summed E-state index contributed by atoms with van der Waals surface area (Å²) >= 11 is 0. The molecule has 0 atom stereocenters. The highest BCUT2D eigenvalue weighted by atomic mass is 32.2. The molecule has 0 fully saturated rings. The van der Waals surface area contributed by atoms with Gasteiger partial charge >= 0.3 is 5.97 Å². The van der Waals surface area contributed by atoms with Crippen LogP contribution in [0.5, 0.6) is 0 Å². The maximum Gasteiger partial charge on any atom is 0.338 e. The van der Waals surface area contributed by atoms with Crippen molar-refractivity contribution in [3.05, 3.63) is 24.5 Å². The molecule has 0 rings (SSSR count). The molecule has 0 radical (unpaired) electrons. The normalized spacial score (nSPS) is 12.3. The first-order valence-electron chi connectivity index (χ1n) is 4.30. The van der Waals surface area contributed by atoms with E-state index in [1.54, 1.807) is 13.0 Å². The largest absolute Gasteiger partial charge is 0.432 e. The highest BCUT2D eigenvalue weighted by Crippen LogP contribution is 2.02. The van der Waals surface area contributed by atoms with Gasteiger partial charge in [-0.2, -0.15) is 8.42 Å². The molecular weight excluding hydrogens is 220 g/mol. The van der Waals surface area contributed by atoms with Crippen molar-refractivity contribution in [2.45, 2.75) is 19.8 Å². The third-order valence-corrected chi connectivity index (χ3v) is 2.37. The third kappa shape index (κ3) is 7.90. The minimum atomic E-state index is -3.91. The number of rotatable bonds is 6. The summed E-state index contributed by atoms with van der Waals surface area (Å²) in [5, 5.41) is 0. The Balaban J connectivity index is 3.97. The molecule has 5 nitrogen and oxygen atoms in total.